The molecule has 0 aliphatic carbocycles. The Hall–Kier alpha value is -2.47. The number of hydrogen-bond donors (Lipinski definition) is 1. The minimum absolute atomic E-state index is 0.135. The van der Waals surface area contributed by atoms with E-state index in [0.29, 0.717) is 13.0 Å². The van der Waals surface area contributed by atoms with E-state index >= 15 is 0 Å². The van der Waals surface area contributed by atoms with E-state index in [1.807, 2.05) is 36.5 Å². The summed E-state index contributed by atoms with van der Waals surface area (Å²) in [6, 6.07) is 9.77. The first-order valence-electron chi connectivity index (χ1n) is 6.44. The molecule has 3 rings (SSSR count). The number of para-hydroxylation sites is 1. The van der Waals surface area contributed by atoms with Crippen LogP contribution in [-0.2, 0) is 13.0 Å². The fraction of sp³-hybridized carbons (Fsp3) is 0.214. The summed E-state index contributed by atoms with van der Waals surface area (Å²) in [5, 5.41) is 21.8. The Morgan fingerprint density at radius 2 is 1.90 bits per heavy atom. The van der Waals surface area contributed by atoms with E-state index < -0.39 is 0 Å². The highest BCUT2D eigenvalue weighted by Crippen LogP contribution is 2.06. The molecule has 0 fully saturated rings. The fourth-order valence-corrected chi connectivity index (χ4v) is 1.97. The minimum atomic E-state index is 0.135. The van der Waals surface area contributed by atoms with E-state index in [2.05, 4.69) is 15.3 Å². The van der Waals surface area contributed by atoms with Gasteiger partial charge in [0.25, 0.3) is 0 Å². The second-order valence-electron chi connectivity index (χ2n) is 4.48. The summed E-state index contributed by atoms with van der Waals surface area (Å²) >= 11 is 0. The number of nitrogens with zero attached hydrogens (tertiary/aromatic N) is 5. The molecule has 0 aliphatic heterocycles. The zero-order chi connectivity index (χ0) is 13.8. The molecule has 20 heavy (non-hydrogen) atoms. The number of aliphatic hydroxyl groups excluding tert-OH is 1. The normalized spacial score (nSPS) is 10.8. The first-order valence-corrected chi connectivity index (χ1v) is 6.44. The lowest BCUT2D eigenvalue weighted by Crippen LogP contribution is -2.03. The summed E-state index contributed by atoms with van der Waals surface area (Å²) in [7, 11) is 0. The Balaban J connectivity index is 1.73. The third-order valence-corrected chi connectivity index (χ3v) is 2.94. The van der Waals surface area contributed by atoms with E-state index in [0.717, 1.165) is 16.9 Å². The molecule has 2 aromatic heterocycles. The van der Waals surface area contributed by atoms with E-state index in [9.17, 15) is 0 Å². The summed E-state index contributed by atoms with van der Waals surface area (Å²) in [4.78, 5) is 1.60. The number of benzene rings is 1. The molecular weight excluding hydrogens is 254 g/mol. The molecule has 0 saturated carbocycles. The first-order chi connectivity index (χ1) is 9.85. The molecule has 6 nitrogen and oxygen atoms in total. The second kappa shape index (κ2) is 5.66. The molecule has 0 bridgehead atoms. The van der Waals surface area contributed by atoms with E-state index in [4.69, 9.17) is 5.11 Å². The van der Waals surface area contributed by atoms with Gasteiger partial charge in [-0.25, -0.2) is 0 Å². The molecular formula is C14H15N5O. The Morgan fingerprint density at radius 3 is 2.70 bits per heavy atom. The predicted octanol–water partition coefficient (Wildman–Crippen LogP) is 1.05. The Morgan fingerprint density at radius 1 is 1.05 bits per heavy atom. The molecule has 0 spiro atoms. The molecule has 0 unspecified atom stereocenters. The van der Waals surface area contributed by atoms with Crippen LogP contribution in [0.25, 0.3) is 5.69 Å². The molecule has 0 aliphatic rings. The van der Waals surface area contributed by atoms with Crippen LogP contribution >= 0.6 is 0 Å². The van der Waals surface area contributed by atoms with Crippen molar-refractivity contribution in [3.05, 3.63) is 60.2 Å². The highest BCUT2D eigenvalue weighted by molar-refractivity contribution is 5.28. The molecule has 0 saturated heterocycles. The van der Waals surface area contributed by atoms with Gasteiger partial charge in [-0.3, -0.25) is 4.68 Å². The molecule has 0 radical (unpaired) electrons. The lowest BCUT2D eigenvalue weighted by molar-refractivity contribution is 0.299. The van der Waals surface area contributed by atoms with Gasteiger partial charge in [0.2, 0.25) is 0 Å². The molecule has 0 atom stereocenters. The largest absolute Gasteiger partial charge is 0.396 e. The van der Waals surface area contributed by atoms with Crippen molar-refractivity contribution in [1.82, 2.24) is 24.8 Å². The van der Waals surface area contributed by atoms with Crippen LogP contribution in [0.15, 0.2) is 48.9 Å². The molecule has 2 heterocycles. The van der Waals surface area contributed by atoms with Crippen LogP contribution in [-0.4, -0.2) is 36.5 Å². The van der Waals surface area contributed by atoms with Gasteiger partial charge in [0.15, 0.2) is 0 Å². The van der Waals surface area contributed by atoms with Gasteiger partial charge in [-0.1, -0.05) is 18.2 Å². The topological polar surface area (TPSA) is 68.8 Å². The maximum atomic E-state index is 8.89. The zero-order valence-electron chi connectivity index (χ0n) is 10.9. The summed E-state index contributed by atoms with van der Waals surface area (Å²) in [5.74, 6) is 0. The van der Waals surface area contributed by atoms with E-state index in [1.54, 1.807) is 21.9 Å². The van der Waals surface area contributed by atoms with Crippen LogP contribution < -0.4 is 0 Å². The van der Waals surface area contributed by atoms with Gasteiger partial charge >= 0.3 is 0 Å². The average Bonchev–Trinajstić information content (AvgIpc) is 3.11. The predicted molar refractivity (Wildman–Crippen MR) is 73.5 cm³/mol. The maximum Gasteiger partial charge on any atom is 0.105 e. The van der Waals surface area contributed by atoms with Crippen LogP contribution in [0.1, 0.15) is 11.3 Å². The molecule has 1 N–H and O–H groups in total. The highest BCUT2D eigenvalue weighted by atomic mass is 16.2. The smallest absolute Gasteiger partial charge is 0.105 e. The summed E-state index contributed by atoms with van der Waals surface area (Å²) in [6.07, 6.45) is 6.03. The second-order valence-corrected chi connectivity index (χ2v) is 4.48. The monoisotopic (exact) mass is 269 g/mol. The lowest BCUT2D eigenvalue weighted by Gasteiger charge is -1.98. The molecule has 1 aromatic carbocycles. The van der Waals surface area contributed by atoms with Crippen molar-refractivity contribution in [2.45, 2.75) is 13.0 Å². The standard InChI is InChI=1S/C14H15N5O/c20-7-6-12-8-15-18(10-12)11-13-9-16-19(17-13)14-4-2-1-3-5-14/h1-5,8-10,20H,6-7,11H2. The van der Waals surface area contributed by atoms with Crippen molar-refractivity contribution in [1.29, 1.82) is 0 Å². The van der Waals surface area contributed by atoms with Crippen molar-refractivity contribution in [2.24, 2.45) is 0 Å². The average molecular weight is 269 g/mol. The highest BCUT2D eigenvalue weighted by Gasteiger charge is 2.05. The van der Waals surface area contributed by atoms with Gasteiger partial charge in [0.1, 0.15) is 5.69 Å². The SMILES string of the molecule is OCCc1cnn(Cc2cnn(-c3ccccc3)n2)c1. The minimum Gasteiger partial charge on any atom is -0.396 e. The van der Waals surface area contributed by atoms with Crippen LogP contribution in [0.2, 0.25) is 0 Å². The maximum absolute atomic E-state index is 8.89. The van der Waals surface area contributed by atoms with Gasteiger partial charge in [-0.05, 0) is 24.1 Å². The fourth-order valence-electron chi connectivity index (χ4n) is 1.97. The van der Waals surface area contributed by atoms with Gasteiger partial charge < -0.3 is 5.11 Å². The number of hydrogen-bond acceptors (Lipinski definition) is 4. The van der Waals surface area contributed by atoms with Gasteiger partial charge in [-0.15, -0.1) is 0 Å². The lowest BCUT2D eigenvalue weighted by atomic mass is 10.3. The molecule has 6 heteroatoms. The third kappa shape index (κ3) is 2.75. The van der Waals surface area contributed by atoms with Gasteiger partial charge in [-0.2, -0.15) is 20.1 Å². The van der Waals surface area contributed by atoms with Crippen molar-refractivity contribution in [3.8, 4) is 5.69 Å². The van der Waals surface area contributed by atoms with Crippen LogP contribution in [0, 0.1) is 0 Å². The Kier molecular flexibility index (Phi) is 3.56. The van der Waals surface area contributed by atoms with Gasteiger partial charge in [0.05, 0.1) is 24.6 Å². The molecule has 102 valence electrons. The summed E-state index contributed by atoms with van der Waals surface area (Å²) < 4.78 is 1.80. The van der Waals surface area contributed by atoms with E-state index in [-0.39, 0.29) is 6.61 Å². The number of aromatic nitrogens is 5. The van der Waals surface area contributed by atoms with Crippen molar-refractivity contribution in [2.75, 3.05) is 6.61 Å². The molecule has 3 aromatic rings. The Bertz CT molecular complexity index is 674. The van der Waals surface area contributed by atoms with Crippen molar-refractivity contribution in [3.63, 3.8) is 0 Å². The summed E-state index contributed by atoms with van der Waals surface area (Å²) in [6.45, 7) is 0.703. The zero-order valence-corrected chi connectivity index (χ0v) is 10.9. The molecule has 0 amide bonds. The summed E-state index contributed by atoms with van der Waals surface area (Å²) in [5.41, 5.74) is 2.79. The van der Waals surface area contributed by atoms with Crippen LogP contribution in [0.4, 0.5) is 0 Å². The van der Waals surface area contributed by atoms with Crippen LogP contribution in [0.3, 0.4) is 0 Å². The number of rotatable bonds is 5. The van der Waals surface area contributed by atoms with E-state index in [1.165, 1.54) is 0 Å². The quantitative estimate of drug-likeness (QED) is 0.751. The van der Waals surface area contributed by atoms with Crippen LogP contribution in [0.5, 0.6) is 0 Å². The Labute approximate surface area is 116 Å². The van der Waals surface area contributed by atoms with Gasteiger partial charge in [0, 0.05) is 12.8 Å². The first kappa shape index (κ1) is 12.6. The number of aliphatic hydroxyl groups is 1. The van der Waals surface area contributed by atoms with Crippen molar-refractivity contribution >= 4 is 0 Å². The third-order valence-electron chi connectivity index (χ3n) is 2.94. The van der Waals surface area contributed by atoms with Crippen molar-refractivity contribution < 1.29 is 5.11 Å².